The number of rotatable bonds is 5. The molecule has 0 aromatic carbocycles. The van der Waals surface area contributed by atoms with Gasteiger partial charge in [-0.25, -0.2) is 9.78 Å². The van der Waals surface area contributed by atoms with Gasteiger partial charge in [0, 0.05) is 4.88 Å². The predicted molar refractivity (Wildman–Crippen MR) is 78.4 cm³/mol. The van der Waals surface area contributed by atoms with Crippen LogP contribution < -0.4 is 5.32 Å². The Morgan fingerprint density at radius 3 is 2.76 bits per heavy atom. The zero-order chi connectivity index (χ0) is 15.2. The minimum absolute atomic E-state index is 0.0272. The molecule has 2 rings (SSSR count). The van der Waals surface area contributed by atoms with Crippen LogP contribution in [0.1, 0.15) is 47.7 Å². The summed E-state index contributed by atoms with van der Waals surface area (Å²) in [5, 5.41) is 12.2. The van der Waals surface area contributed by atoms with E-state index in [2.05, 4.69) is 10.3 Å². The van der Waals surface area contributed by atoms with Gasteiger partial charge in [0.05, 0.1) is 18.7 Å². The third-order valence-corrected chi connectivity index (χ3v) is 4.62. The number of hydrogen-bond donors (Lipinski definition) is 2. The molecule has 21 heavy (non-hydrogen) atoms. The second-order valence-electron chi connectivity index (χ2n) is 5.21. The van der Waals surface area contributed by atoms with Crippen LogP contribution in [-0.4, -0.2) is 28.3 Å². The minimum atomic E-state index is -0.877. The number of nitrogens with one attached hydrogen (secondary N) is 1. The fraction of sp³-hybridized carbons (Fsp3) is 0.643. The molecule has 1 amide bonds. The second-order valence-corrected chi connectivity index (χ2v) is 6.37. The van der Waals surface area contributed by atoms with Crippen molar-refractivity contribution in [2.24, 2.45) is 0 Å². The second kappa shape index (κ2) is 7.40. The molecule has 116 valence electrons. The van der Waals surface area contributed by atoms with E-state index in [4.69, 9.17) is 9.84 Å². The minimum Gasteiger partial charge on any atom is -0.481 e. The van der Waals surface area contributed by atoms with Gasteiger partial charge in [-0.15, -0.1) is 11.3 Å². The lowest BCUT2D eigenvalue weighted by Crippen LogP contribution is -2.29. The number of thiazole rings is 1. The predicted octanol–water partition coefficient (Wildman–Crippen LogP) is 2.64. The smallest absolute Gasteiger partial charge is 0.407 e. The van der Waals surface area contributed by atoms with E-state index < -0.39 is 12.1 Å². The van der Waals surface area contributed by atoms with Gasteiger partial charge in [-0.2, -0.15) is 0 Å². The van der Waals surface area contributed by atoms with Crippen molar-refractivity contribution < 1.29 is 19.4 Å². The van der Waals surface area contributed by atoms with Crippen molar-refractivity contribution in [1.29, 1.82) is 0 Å². The average molecular weight is 312 g/mol. The number of aliphatic carboxylic acids is 1. The van der Waals surface area contributed by atoms with Gasteiger partial charge in [-0.1, -0.05) is 6.42 Å². The number of ether oxygens (including phenoxy) is 1. The normalized spacial score (nSPS) is 15.7. The molecule has 1 fully saturated rings. The number of carbonyl (C=O) groups is 2. The highest BCUT2D eigenvalue weighted by Crippen LogP contribution is 2.21. The van der Waals surface area contributed by atoms with Crippen molar-refractivity contribution in [3.05, 3.63) is 15.6 Å². The van der Waals surface area contributed by atoms with Gasteiger partial charge < -0.3 is 15.2 Å². The summed E-state index contributed by atoms with van der Waals surface area (Å²) in [5.41, 5.74) is 0.708. The van der Waals surface area contributed by atoms with Crippen molar-refractivity contribution in [2.45, 2.75) is 58.1 Å². The summed E-state index contributed by atoms with van der Waals surface area (Å²) in [4.78, 5) is 27.4. The highest BCUT2D eigenvalue weighted by atomic mass is 32.1. The molecule has 0 atom stereocenters. The van der Waals surface area contributed by atoms with Crippen LogP contribution in [0, 0.1) is 6.92 Å². The number of amides is 1. The molecule has 0 radical (unpaired) electrons. The summed E-state index contributed by atoms with van der Waals surface area (Å²) in [6.07, 6.45) is 4.89. The Labute approximate surface area is 127 Å². The first-order chi connectivity index (χ1) is 10.0. The molecule has 0 aliphatic heterocycles. The summed E-state index contributed by atoms with van der Waals surface area (Å²) >= 11 is 1.31. The molecule has 7 heteroatoms. The van der Waals surface area contributed by atoms with Crippen LogP contribution >= 0.6 is 11.3 Å². The average Bonchev–Trinajstić information content (AvgIpc) is 2.77. The summed E-state index contributed by atoms with van der Waals surface area (Å²) in [5.74, 6) is -0.877. The molecule has 1 heterocycles. The third kappa shape index (κ3) is 5.00. The molecule has 1 aliphatic rings. The Morgan fingerprint density at radius 1 is 1.38 bits per heavy atom. The summed E-state index contributed by atoms with van der Waals surface area (Å²) < 4.78 is 5.35. The largest absolute Gasteiger partial charge is 0.481 e. The number of aromatic nitrogens is 1. The Morgan fingerprint density at radius 2 is 2.10 bits per heavy atom. The molecular weight excluding hydrogens is 292 g/mol. The van der Waals surface area contributed by atoms with Crippen LogP contribution in [0.15, 0.2) is 0 Å². The molecule has 6 nitrogen and oxygen atoms in total. The van der Waals surface area contributed by atoms with Crippen LogP contribution in [0.25, 0.3) is 0 Å². The number of nitrogens with zero attached hydrogens (tertiary/aromatic N) is 1. The van der Waals surface area contributed by atoms with Gasteiger partial charge >= 0.3 is 12.1 Å². The van der Waals surface area contributed by atoms with Gasteiger partial charge in [-0.3, -0.25) is 4.79 Å². The van der Waals surface area contributed by atoms with E-state index >= 15 is 0 Å². The van der Waals surface area contributed by atoms with Gasteiger partial charge in [-0.05, 0) is 32.6 Å². The zero-order valence-corrected chi connectivity index (χ0v) is 12.9. The van der Waals surface area contributed by atoms with E-state index in [1.807, 2.05) is 0 Å². The van der Waals surface area contributed by atoms with E-state index in [1.54, 1.807) is 6.92 Å². The highest BCUT2D eigenvalue weighted by molar-refractivity contribution is 7.11. The lowest BCUT2D eigenvalue weighted by Gasteiger charge is -2.21. The van der Waals surface area contributed by atoms with Crippen LogP contribution in [-0.2, 0) is 22.5 Å². The van der Waals surface area contributed by atoms with Gasteiger partial charge in [0.25, 0.3) is 0 Å². The molecule has 0 bridgehead atoms. The lowest BCUT2D eigenvalue weighted by atomic mass is 9.98. The van der Waals surface area contributed by atoms with E-state index in [1.165, 1.54) is 17.8 Å². The quantitative estimate of drug-likeness (QED) is 0.872. The SMILES string of the molecule is Cc1nc(CNC(=O)OC2CCCCC2)sc1CC(=O)O. The van der Waals surface area contributed by atoms with Crippen LogP contribution in [0.4, 0.5) is 4.79 Å². The monoisotopic (exact) mass is 312 g/mol. The molecule has 0 spiro atoms. The van der Waals surface area contributed by atoms with Crippen molar-refractivity contribution in [2.75, 3.05) is 0 Å². The molecule has 0 saturated heterocycles. The lowest BCUT2D eigenvalue weighted by molar-refractivity contribution is -0.136. The first kappa shape index (κ1) is 15.8. The topological polar surface area (TPSA) is 88.5 Å². The summed E-state index contributed by atoms with van der Waals surface area (Å²) in [6.45, 7) is 2.05. The van der Waals surface area contributed by atoms with E-state index in [0.717, 1.165) is 30.6 Å². The van der Waals surface area contributed by atoms with Crippen LogP contribution in [0.2, 0.25) is 0 Å². The van der Waals surface area contributed by atoms with Crippen LogP contribution in [0.3, 0.4) is 0 Å². The Balaban J connectivity index is 1.79. The molecule has 1 aliphatic carbocycles. The molecule has 1 aromatic rings. The Hall–Kier alpha value is -1.63. The molecule has 2 N–H and O–H groups in total. The zero-order valence-electron chi connectivity index (χ0n) is 12.1. The number of carboxylic acids is 1. The first-order valence-corrected chi connectivity index (χ1v) is 7.97. The standard InChI is InChI=1S/C14H20N2O4S/c1-9-11(7-13(17)18)21-12(16-9)8-15-14(19)20-10-5-3-2-4-6-10/h10H,2-8H2,1H3,(H,15,19)(H,17,18). The summed E-state index contributed by atoms with van der Waals surface area (Å²) in [6, 6.07) is 0. The van der Waals surface area contributed by atoms with E-state index in [9.17, 15) is 9.59 Å². The number of carboxylic acid groups (broad SMARTS) is 1. The first-order valence-electron chi connectivity index (χ1n) is 7.16. The maximum atomic E-state index is 11.7. The number of alkyl carbamates (subject to hydrolysis) is 1. The molecule has 1 aromatic heterocycles. The van der Waals surface area contributed by atoms with Gasteiger partial charge in [0.1, 0.15) is 11.1 Å². The maximum Gasteiger partial charge on any atom is 0.407 e. The highest BCUT2D eigenvalue weighted by Gasteiger charge is 2.18. The van der Waals surface area contributed by atoms with Gasteiger partial charge in [0.2, 0.25) is 0 Å². The Kier molecular flexibility index (Phi) is 5.55. The van der Waals surface area contributed by atoms with Gasteiger partial charge in [0.15, 0.2) is 0 Å². The van der Waals surface area contributed by atoms with Crippen molar-refractivity contribution in [3.8, 4) is 0 Å². The van der Waals surface area contributed by atoms with Crippen molar-refractivity contribution >= 4 is 23.4 Å². The Bertz CT molecular complexity index is 509. The molecular formula is C14H20N2O4S. The number of carbonyl (C=O) groups excluding carboxylic acids is 1. The number of hydrogen-bond acceptors (Lipinski definition) is 5. The van der Waals surface area contributed by atoms with Crippen molar-refractivity contribution in [3.63, 3.8) is 0 Å². The van der Waals surface area contributed by atoms with E-state index in [-0.39, 0.29) is 19.1 Å². The maximum absolute atomic E-state index is 11.7. The number of aryl methyl sites for hydroxylation is 1. The molecule has 1 saturated carbocycles. The fourth-order valence-electron chi connectivity index (χ4n) is 2.39. The van der Waals surface area contributed by atoms with Crippen molar-refractivity contribution in [1.82, 2.24) is 10.3 Å². The molecule has 0 unspecified atom stereocenters. The van der Waals surface area contributed by atoms with Crippen LogP contribution in [0.5, 0.6) is 0 Å². The van der Waals surface area contributed by atoms with E-state index in [0.29, 0.717) is 10.7 Å². The fourth-order valence-corrected chi connectivity index (χ4v) is 3.39. The third-order valence-electron chi connectivity index (χ3n) is 3.46. The summed E-state index contributed by atoms with van der Waals surface area (Å²) in [7, 11) is 0.